The van der Waals surface area contributed by atoms with Gasteiger partial charge in [0.1, 0.15) is 11.5 Å². The maximum Gasteiger partial charge on any atom is 0.433 e. The van der Waals surface area contributed by atoms with Gasteiger partial charge in [-0.3, -0.25) is 9.69 Å². The topological polar surface area (TPSA) is 103 Å². The number of sulfone groups is 1. The summed E-state index contributed by atoms with van der Waals surface area (Å²) in [6, 6.07) is 1.28. The van der Waals surface area contributed by atoms with Crippen molar-refractivity contribution in [3.05, 3.63) is 23.4 Å². The number of amides is 1. The standard InChI is InChI=1S/C17H23F3N4O4S/c18-17(19,20)14-2-1-13(16(26)21-12-3-10-29(27,28)11-12)15(22-14)24-6-4-23(5-7-24)8-9-25/h1-2,12,25H,3-11H2,(H,21,26). The second-order valence-electron chi connectivity index (χ2n) is 7.19. The van der Waals surface area contributed by atoms with Crippen molar-refractivity contribution in [1.82, 2.24) is 15.2 Å². The predicted octanol–water partition coefficient (Wildman–Crippen LogP) is 0.132. The van der Waals surface area contributed by atoms with Crippen LogP contribution in [0.3, 0.4) is 0 Å². The lowest BCUT2D eigenvalue weighted by atomic mass is 10.1. The first kappa shape index (κ1) is 21.8. The highest BCUT2D eigenvalue weighted by molar-refractivity contribution is 7.91. The van der Waals surface area contributed by atoms with Gasteiger partial charge >= 0.3 is 6.18 Å². The molecule has 162 valence electrons. The Balaban J connectivity index is 1.83. The maximum atomic E-state index is 13.2. The van der Waals surface area contributed by atoms with E-state index in [4.69, 9.17) is 5.11 Å². The number of alkyl halides is 3. The Bertz CT molecular complexity index is 855. The molecule has 1 amide bonds. The first-order chi connectivity index (χ1) is 13.6. The van der Waals surface area contributed by atoms with Crippen molar-refractivity contribution >= 4 is 21.6 Å². The second-order valence-corrected chi connectivity index (χ2v) is 9.42. The molecule has 2 aliphatic rings. The molecular formula is C17H23F3N4O4S. The third-order valence-corrected chi connectivity index (χ3v) is 6.83. The number of pyridine rings is 1. The number of aliphatic hydroxyl groups is 1. The van der Waals surface area contributed by atoms with Crippen molar-refractivity contribution in [2.45, 2.75) is 18.6 Å². The van der Waals surface area contributed by atoms with Crippen molar-refractivity contribution in [2.75, 3.05) is 55.7 Å². The summed E-state index contributed by atoms with van der Waals surface area (Å²) in [5, 5.41) is 11.6. The van der Waals surface area contributed by atoms with Gasteiger partial charge < -0.3 is 15.3 Å². The molecule has 12 heteroatoms. The molecule has 1 aromatic rings. The van der Waals surface area contributed by atoms with E-state index in [-0.39, 0.29) is 35.9 Å². The Labute approximate surface area is 166 Å². The molecule has 1 atom stereocenters. The molecule has 0 radical (unpaired) electrons. The summed E-state index contributed by atoms with van der Waals surface area (Å²) in [6.07, 6.45) is -4.38. The Kier molecular flexibility index (Phi) is 6.34. The van der Waals surface area contributed by atoms with Crippen LogP contribution in [0.25, 0.3) is 0 Å². The second kappa shape index (κ2) is 8.44. The van der Waals surface area contributed by atoms with Crippen LogP contribution in [0.4, 0.5) is 19.0 Å². The molecule has 2 fully saturated rings. The Morgan fingerprint density at radius 1 is 1.24 bits per heavy atom. The fraction of sp³-hybridized carbons (Fsp3) is 0.647. The molecule has 1 unspecified atom stereocenters. The van der Waals surface area contributed by atoms with Crippen LogP contribution in [0.15, 0.2) is 12.1 Å². The van der Waals surface area contributed by atoms with Crippen molar-refractivity contribution < 1.29 is 31.5 Å². The molecule has 0 spiro atoms. The number of hydrogen-bond donors (Lipinski definition) is 2. The van der Waals surface area contributed by atoms with Crippen LogP contribution in [-0.4, -0.2) is 86.2 Å². The van der Waals surface area contributed by atoms with E-state index in [9.17, 15) is 26.4 Å². The lowest BCUT2D eigenvalue weighted by molar-refractivity contribution is -0.141. The first-order valence-corrected chi connectivity index (χ1v) is 11.1. The molecule has 2 saturated heterocycles. The minimum Gasteiger partial charge on any atom is -0.395 e. The van der Waals surface area contributed by atoms with Gasteiger partial charge in [-0.2, -0.15) is 13.2 Å². The minimum absolute atomic E-state index is 0.0141. The quantitative estimate of drug-likeness (QED) is 0.677. The van der Waals surface area contributed by atoms with E-state index in [0.717, 1.165) is 12.1 Å². The highest BCUT2D eigenvalue weighted by atomic mass is 32.2. The average molecular weight is 436 g/mol. The lowest BCUT2D eigenvalue weighted by Crippen LogP contribution is -2.48. The summed E-state index contributed by atoms with van der Waals surface area (Å²) >= 11 is 0. The molecule has 8 nitrogen and oxygen atoms in total. The lowest BCUT2D eigenvalue weighted by Gasteiger charge is -2.36. The third kappa shape index (κ3) is 5.37. The van der Waals surface area contributed by atoms with Crippen molar-refractivity contribution in [2.24, 2.45) is 0 Å². The van der Waals surface area contributed by atoms with Crippen LogP contribution in [0.1, 0.15) is 22.5 Å². The zero-order chi connectivity index (χ0) is 21.2. The molecule has 0 bridgehead atoms. The SMILES string of the molecule is O=C(NC1CCS(=O)(=O)C1)c1ccc(C(F)(F)F)nc1N1CCN(CCO)CC1. The summed E-state index contributed by atoms with van der Waals surface area (Å²) in [4.78, 5) is 20.0. The number of β-amino-alcohol motifs (C(OH)–C–C–N with tert-alkyl or cyclic N) is 1. The van der Waals surface area contributed by atoms with Gasteiger partial charge in [-0.1, -0.05) is 0 Å². The highest BCUT2D eigenvalue weighted by Crippen LogP contribution is 2.31. The van der Waals surface area contributed by atoms with Gasteiger partial charge in [-0.05, 0) is 18.6 Å². The van der Waals surface area contributed by atoms with Crippen LogP contribution in [0.5, 0.6) is 0 Å². The van der Waals surface area contributed by atoms with E-state index in [2.05, 4.69) is 10.3 Å². The summed E-state index contributed by atoms with van der Waals surface area (Å²) in [7, 11) is -3.21. The van der Waals surface area contributed by atoms with Gasteiger partial charge in [0.2, 0.25) is 0 Å². The third-order valence-electron chi connectivity index (χ3n) is 5.07. The van der Waals surface area contributed by atoms with Gasteiger partial charge in [0.15, 0.2) is 9.84 Å². The molecule has 2 aliphatic heterocycles. The molecule has 3 rings (SSSR count). The Morgan fingerprint density at radius 3 is 2.48 bits per heavy atom. The zero-order valence-corrected chi connectivity index (χ0v) is 16.5. The number of hydrogen-bond acceptors (Lipinski definition) is 7. The summed E-state index contributed by atoms with van der Waals surface area (Å²) in [6.45, 7) is 2.19. The van der Waals surface area contributed by atoms with Crippen LogP contribution < -0.4 is 10.2 Å². The molecule has 0 aromatic carbocycles. The molecule has 0 saturated carbocycles. The molecule has 3 heterocycles. The van der Waals surface area contributed by atoms with Crippen LogP contribution in [-0.2, 0) is 16.0 Å². The van der Waals surface area contributed by atoms with E-state index >= 15 is 0 Å². The van der Waals surface area contributed by atoms with Crippen LogP contribution in [0.2, 0.25) is 0 Å². The predicted molar refractivity (Wildman–Crippen MR) is 99.5 cm³/mol. The molecule has 29 heavy (non-hydrogen) atoms. The summed E-state index contributed by atoms with van der Waals surface area (Å²) in [5.41, 5.74) is -1.11. The largest absolute Gasteiger partial charge is 0.433 e. The molecular weight excluding hydrogens is 413 g/mol. The van der Waals surface area contributed by atoms with Gasteiger partial charge in [-0.15, -0.1) is 0 Å². The number of nitrogens with one attached hydrogen (secondary N) is 1. The van der Waals surface area contributed by atoms with Gasteiger partial charge in [0.25, 0.3) is 5.91 Å². The van der Waals surface area contributed by atoms with E-state index < -0.39 is 33.7 Å². The average Bonchev–Trinajstić information content (AvgIpc) is 2.99. The zero-order valence-electron chi connectivity index (χ0n) is 15.7. The molecule has 2 N–H and O–H groups in total. The number of carbonyl (C=O) groups excluding carboxylic acids is 1. The fourth-order valence-electron chi connectivity index (χ4n) is 3.52. The van der Waals surface area contributed by atoms with Crippen molar-refractivity contribution in [3.8, 4) is 0 Å². The van der Waals surface area contributed by atoms with Crippen LogP contribution in [0, 0.1) is 0 Å². The number of aliphatic hydroxyl groups excluding tert-OH is 1. The number of piperazine rings is 1. The number of rotatable bonds is 5. The maximum absolute atomic E-state index is 13.2. The van der Waals surface area contributed by atoms with Gasteiger partial charge in [0.05, 0.1) is 23.7 Å². The van der Waals surface area contributed by atoms with Gasteiger partial charge in [0, 0.05) is 38.8 Å². The molecule has 0 aliphatic carbocycles. The van der Waals surface area contributed by atoms with Crippen LogP contribution >= 0.6 is 0 Å². The van der Waals surface area contributed by atoms with Crippen molar-refractivity contribution in [1.29, 1.82) is 0 Å². The summed E-state index contributed by atoms with van der Waals surface area (Å²) < 4.78 is 62.7. The Hall–Kier alpha value is -1.92. The normalized spacial score (nSPS) is 22.6. The molecule has 1 aromatic heterocycles. The minimum atomic E-state index is -4.65. The smallest absolute Gasteiger partial charge is 0.395 e. The monoisotopic (exact) mass is 436 g/mol. The number of halogens is 3. The van der Waals surface area contributed by atoms with E-state index in [1.165, 1.54) is 0 Å². The van der Waals surface area contributed by atoms with E-state index in [1.807, 2.05) is 4.90 Å². The van der Waals surface area contributed by atoms with Gasteiger partial charge in [-0.25, -0.2) is 13.4 Å². The highest BCUT2D eigenvalue weighted by Gasteiger charge is 2.35. The summed E-state index contributed by atoms with van der Waals surface area (Å²) in [5.74, 6) is -0.909. The van der Waals surface area contributed by atoms with E-state index in [1.54, 1.807) is 4.90 Å². The number of aromatic nitrogens is 1. The van der Waals surface area contributed by atoms with E-state index in [0.29, 0.717) is 32.7 Å². The van der Waals surface area contributed by atoms with Crippen molar-refractivity contribution in [3.63, 3.8) is 0 Å². The number of nitrogens with zero attached hydrogens (tertiary/aromatic N) is 3. The Morgan fingerprint density at radius 2 is 1.93 bits per heavy atom. The first-order valence-electron chi connectivity index (χ1n) is 9.27. The fourth-order valence-corrected chi connectivity index (χ4v) is 5.19. The number of anilines is 1. The number of carbonyl (C=O) groups is 1.